The molecule has 5 nitrogen and oxygen atoms in total. The van der Waals surface area contributed by atoms with Crippen molar-refractivity contribution in [3.05, 3.63) is 113 Å². The third kappa shape index (κ3) is 5.32. The highest BCUT2D eigenvalue weighted by atomic mass is 19.1. The van der Waals surface area contributed by atoms with Crippen LogP contribution in [-0.2, 0) is 24.2 Å². The van der Waals surface area contributed by atoms with Gasteiger partial charge in [0.1, 0.15) is 17.3 Å². The molecule has 35 heavy (non-hydrogen) atoms. The van der Waals surface area contributed by atoms with Gasteiger partial charge in [-0.3, -0.25) is 9.59 Å². The molecular weight excluding hydrogens is 443 g/mol. The van der Waals surface area contributed by atoms with Gasteiger partial charge >= 0.3 is 0 Å². The number of nitrogens with one attached hydrogen (secondary N) is 1. The van der Waals surface area contributed by atoms with E-state index in [0.29, 0.717) is 49.4 Å². The highest BCUT2D eigenvalue weighted by molar-refractivity contribution is 5.94. The first-order valence-corrected chi connectivity index (χ1v) is 11.7. The topological polar surface area (TPSA) is 62.6 Å². The highest BCUT2D eigenvalue weighted by Crippen LogP contribution is 2.31. The molecule has 0 saturated carbocycles. The van der Waals surface area contributed by atoms with Crippen LogP contribution >= 0.6 is 0 Å². The van der Waals surface area contributed by atoms with Crippen LogP contribution in [0.5, 0.6) is 0 Å². The van der Waals surface area contributed by atoms with E-state index in [1.807, 2.05) is 60.7 Å². The summed E-state index contributed by atoms with van der Waals surface area (Å²) in [6.07, 6.45) is 1.70. The number of furan rings is 1. The zero-order chi connectivity index (χ0) is 24.2. The standard InChI is InChI=1S/C29H25FN2O3/c30-24-12-10-21(11-13-24)29(34)32-16-15-26-23(19-32)18-27(35-26)22-7-4-8-25(17-22)31-28(33)14-9-20-5-2-1-3-6-20/h1-8,10-13,17-18H,9,14-16,19H2,(H,31,33). The zero-order valence-corrected chi connectivity index (χ0v) is 19.2. The monoisotopic (exact) mass is 468 g/mol. The lowest BCUT2D eigenvalue weighted by molar-refractivity contribution is -0.116. The summed E-state index contributed by atoms with van der Waals surface area (Å²) in [5.74, 6) is 1.03. The van der Waals surface area contributed by atoms with E-state index in [4.69, 9.17) is 4.42 Å². The quantitative estimate of drug-likeness (QED) is 0.386. The van der Waals surface area contributed by atoms with Gasteiger partial charge in [0.15, 0.2) is 0 Å². The molecule has 0 saturated heterocycles. The van der Waals surface area contributed by atoms with Crippen molar-refractivity contribution in [3.8, 4) is 11.3 Å². The molecule has 6 heteroatoms. The highest BCUT2D eigenvalue weighted by Gasteiger charge is 2.25. The van der Waals surface area contributed by atoms with E-state index in [9.17, 15) is 14.0 Å². The Morgan fingerprint density at radius 2 is 1.74 bits per heavy atom. The van der Waals surface area contributed by atoms with Crippen molar-refractivity contribution in [1.29, 1.82) is 0 Å². The van der Waals surface area contributed by atoms with E-state index < -0.39 is 0 Å². The van der Waals surface area contributed by atoms with Crippen LogP contribution < -0.4 is 5.32 Å². The number of hydrogen-bond donors (Lipinski definition) is 1. The van der Waals surface area contributed by atoms with Gasteiger partial charge in [-0.15, -0.1) is 0 Å². The molecule has 4 aromatic rings. The number of amides is 2. The summed E-state index contributed by atoms with van der Waals surface area (Å²) < 4.78 is 19.3. The zero-order valence-electron chi connectivity index (χ0n) is 19.2. The number of rotatable bonds is 6. The maximum Gasteiger partial charge on any atom is 0.254 e. The second-order valence-electron chi connectivity index (χ2n) is 8.66. The number of carbonyl (C=O) groups excluding carboxylic acids is 2. The molecular formula is C29H25FN2O3. The molecule has 2 amide bonds. The Bertz CT molecular complexity index is 1350. The molecule has 0 fully saturated rings. The van der Waals surface area contributed by atoms with Gasteiger partial charge in [0.25, 0.3) is 5.91 Å². The predicted molar refractivity (Wildman–Crippen MR) is 132 cm³/mol. The molecule has 3 aromatic carbocycles. The van der Waals surface area contributed by atoms with Gasteiger partial charge in [0, 0.05) is 48.3 Å². The first-order chi connectivity index (χ1) is 17.0. The number of anilines is 1. The van der Waals surface area contributed by atoms with Gasteiger partial charge < -0.3 is 14.6 Å². The summed E-state index contributed by atoms with van der Waals surface area (Å²) in [7, 11) is 0. The first kappa shape index (κ1) is 22.6. The number of nitrogens with zero attached hydrogens (tertiary/aromatic N) is 1. The van der Waals surface area contributed by atoms with E-state index >= 15 is 0 Å². The van der Waals surface area contributed by atoms with E-state index in [1.165, 1.54) is 24.3 Å². The van der Waals surface area contributed by atoms with Gasteiger partial charge in [-0.05, 0) is 54.4 Å². The number of aryl methyl sites for hydroxylation is 1. The molecule has 1 aliphatic heterocycles. The second-order valence-corrected chi connectivity index (χ2v) is 8.66. The lowest BCUT2D eigenvalue weighted by atomic mass is 10.1. The third-order valence-corrected chi connectivity index (χ3v) is 6.16. The molecule has 0 radical (unpaired) electrons. The average molecular weight is 469 g/mol. The fraction of sp³-hybridized carbons (Fsp3) is 0.172. The molecule has 0 unspecified atom stereocenters. The minimum atomic E-state index is -0.364. The Balaban J connectivity index is 1.25. The van der Waals surface area contributed by atoms with Crippen LogP contribution in [0.25, 0.3) is 11.3 Å². The van der Waals surface area contributed by atoms with Crippen LogP contribution in [-0.4, -0.2) is 23.3 Å². The van der Waals surface area contributed by atoms with Crippen molar-refractivity contribution in [1.82, 2.24) is 4.90 Å². The van der Waals surface area contributed by atoms with Gasteiger partial charge in [0.05, 0.1) is 0 Å². The summed E-state index contributed by atoms with van der Waals surface area (Å²) >= 11 is 0. The molecule has 5 rings (SSSR count). The normalized spacial score (nSPS) is 12.8. The largest absolute Gasteiger partial charge is 0.461 e. The summed E-state index contributed by atoms with van der Waals surface area (Å²) in [4.78, 5) is 27.0. The predicted octanol–water partition coefficient (Wildman–Crippen LogP) is 5.86. The maximum atomic E-state index is 13.2. The summed E-state index contributed by atoms with van der Waals surface area (Å²) in [5.41, 5.74) is 4.12. The summed E-state index contributed by atoms with van der Waals surface area (Å²) in [5, 5.41) is 2.97. The van der Waals surface area contributed by atoms with Crippen LogP contribution in [0.4, 0.5) is 10.1 Å². The lowest BCUT2D eigenvalue weighted by Crippen LogP contribution is -2.35. The summed E-state index contributed by atoms with van der Waals surface area (Å²) in [6, 6.07) is 25.1. The molecule has 176 valence electrons. The molecule has 0 aliphatic carbocycles. The van der Waals surface area contributed by atoms with Crippen molar-refractivity contribution in [2.24, 2.45) is 0 Å². The van der Waals surface area contributed by atoms with Gasteiger partial charge in [-0.25, -0.2) is 4.39 Å². The fourth-order valence-corrected chi connectivity index (χ4v) is 4.30. The molecule has 0 spiro atoms. The van der Waals surface area contributed by atoms with Gasteiger partial charge in [-0.1, -0.05) is 42.5 Å². The number of benzene rings is 3. The molecule has 1 N–H and O–H groups in total. The fourth-order valence-electron chi connectivity index (χ4n) is 4.30. The van der Waals surface area contributed by atoms with E-state index in [0.717, 1.165) is 22.5 Å². The van der Waals surface area contributed by atoms with E-state index in [1.54, 1.807) is 4.90 Å². The third-order valence-electron chi connectivity index (χ3n) is 6.16. The minimum Gasteiger partial charge on any atom is -0.461 e. The summed E-state index contributed by atoms with van der Waals surface area (Å²) in [6.45, 7) is 0.971. The number of carbonyl (C=O) groups is 2. The van der Waals surface area contributed by atoms with Crippen LogP contribution in [0.3, 0.4) is 0 Å². The Hall–Kier alpha value is -4.19. The molecule has 1 aromatic heterocycles. The van der Waals surface area contributed by atoms with Crippen LogP contribution in [0.15, 0.2) is 89.3 Å². The second kappa shape index (κ2) is 9.97. The van der Waals surface area contributed by atoms with Crippen molar-refractivity contribution < 1.29 is 18.4 Å². The SMILES string of the molecule is O=C(CCc1ccccc1)Nc1cccc(-c2cc3c(o2)CCN(C(=O)c2ccc(F)cc2)C3)c1. The Labute approximate surface area is 203 Å². The van der Waals surface area contributed by atoms with Crippen molar-refractivity contribution >= 4 is 17.5 Å². The van der Waals surface area contributed by atoms with E-state index in [-0.39, 0.29) is 17.6 Å². The molecule has 1 aliphatic rings. The van der Waals surface area contributed by atoms with Crippen LogP contribution in [0, 0.1) is 5.82 Å². The Morgan fingerprint density at radius 3 is 2.54 bits per heavy atom. The molecule has 0 atom stereocenters. The smallest absolute Gasteiger partial charge is 0.254 e. The minimum absolute atomic E-state index is 0.0420. The lowest BCUT2D eigenvalue weighted by Gasteiger charge is -2.26. The van der Waals surface area contributed by atoms with Crippen LogP contribution in [0.2, 0.25) is 0 Å². The van der Waals surface area contributed by atoms with Crippen molar-refractivity contribution in [3.63, 3.8) is 0 Å². The van der Waals surface area contributed by atoms with Gasteiger partial charge in [0.2, 0.25) is 5.91 Å². The maximum absolute atomic E-state index is 13.2. The first-order valence-electron chi connectivity index (χ1n) is 11.7. The van der Waals surface area contributed by atoms with E-state index in [2.05, 4.69) is 5.32 Å². The molecule has 2 heterocycles. The van der Waals surface area contributed by atoms with Crippen molar-refractivity contribution in [2.45, 2.75) is 25.8 Å². The Kier molecular flexibility index (Phi) is 6.44. The van der Waals surface area contributed by atoms with Gasteiger partial charge in [-0.2, -0.15) is 0 Å². The number of hydrogen-bond acceptors (Lipinski definition) is 3. The Morgan fingerprint density at radius 1 is 0.943 bits per heavy atom. The number of halogens is 1. The van der Waals surface area contributed by atoms with Crippen LogP contribution in [0.1, 0.15) is 33.7 Å². The number of fused-ring (bicyclic) bond motifs is 1. The molecule has 0 bridgehead atoms. The average Bonchev–Trinajstić information content (AvgIpc) is 3.32. The van der Waals surface area contributed by atoms with Crippen molar-refractivity contribution in [2.75, 3.05) is 11.9 Å².